The highest BCUT2D eigenvalue weighted by Crippen LogP contribution is 2.45. The third-order valence-corrected chi connectivity index (χ3v) is 3.60. The molecule has 3 nitrogen and oxygen atoms in total. The monoisotopic (exact) mass is 218 g/mol. The van der Waals surface area contributed by atoms with Gasteiger partial charge in [0.15, 0.2) is 0 Å². The van der Waals surface area contributed by atoms with Gasteiger partial charge in [0, 0.05) is 25.4 Å². The summed E-state index contributed by atoms with van der Waals surface area (Å²) in [7, 11) is 0. The van der Waals surface area contributed by atoms with Gasteiger partial charge in [-0.1, -0.05) is 0 Å². The average Bonchev–Trinajstić information content (AvgIpc) is 2.61. The number of hydrogen-bond donors (Lipinski definition) is 1. The molecule has 0 aromatic rings. The Bertz CT molecular complexity index is 270. The Morgan fingerprint density at radius 2 is 2.20 bits per heavy atom. The van der Waals surface area contributed by atoms with Crippen molar-refractivity contribution in [1.29, 1.82) is 0 Å². The third-order valence-electron chi connectivity index (χ3n) is 3.60. The van der Waals surface area contributed by atoms with Gasteiger partial charge >= 0.3 is 0 Å². The van der Waals surface area contributed by atoms with E-state index in [4.69, 9.17) is 5.73 Å². The quantitative estimate of drug-likeness (QED) is 0.709. The van der Waals surface area contributed by atoms with E-state index in [1.165, 1.54) is 4.90 Å². The van der Waals surface area contributed by atoms with Crippen molar-refractivity contribution in [2.75, 3.05) is 19.6 Å². The highest BCUT2D eigenvalue weighted by atomic mass is 19.3. The SMILES string of the molecule is NCC(=O)N1CC2CCCC(F)(F)C2C1. The van der Waals surface area contributed by atoms with Gasteiger partial charge in [0.25, 0.3) is 5.92 Å². The van der Waals surface area contributed by atoms with Crippen LogP contribution in [0.25, 0.3) is 0 Å². The van der Waals surface area contributed by atoms with Gasteiger partial charge in [0.1, 0.15) is 0 Å². The fraction of sp³-hybridized carbons (Fsp3) is 0.900. The summed E-state index contributed by atoms with van der Waals surface area (Å²) in [6.07, 6.45) is 1.35. The van der Waals surface area contributed by atoms with E-state index in [1.807, 2.05) is 0 Å². The first-order valence-electron chi connectivity index (χ1n) is 5.40. The molecule has 1 saturated carbocycles. The average molecular weight is 218 g/mol. The number of hydrogen-bond acceptors (Lipinski definition) is 2. The summed E-state index contributed by atoms with van der Waals surface area (Å²) in [6, 6.07) is 0. The first-order chi connectivity index (χ1) is 7.04. The van der Waals surface area contributed by atoms with Gasteiger partial charge in [0.05, 0.1) is 6.54 Å². The van der Waals surface area contributed by atoms with E-state index in [2.05, 4.69) is 0 Å². The lowest BCUT2D eigenvalue weighted by molar-refractivity contribution is -0.129. The molecule has 15 heavy (non-hydrogen) atoms. The van der Waals surface area contributed by atoms with Crippen LogP contribution in [0.5, 0.6) is 0 Å². The molecule has 2 atom stereocenters. The molecule has 2 rings (SSSR count). The fourth-order valence-corrected chi connectivity index (χ4v) is 2.76. The highest BCUT2D eigenvalue weighted by molar-refractivity contribution is 5.78. The van der Waals surface area contributed by atoms with Crippen molar-refractivity contribution in [3.05, 3.63) is 0 Å². The zero-order valence-corrected chi connectivity index (χ0v) is 8.59. The van der Waals surface area contributed by atoms with E-state index >= 15 is 0 Å². The minimum Gasteiger partial charge on any atom is -0.341 e. The van der Waals surface area contributed by atoms with Crippen LogP contribution in [-0.4, -0.2) is 36.4 Å². The van der Waals surface area contributed by atoms with Crippen LogP contribution in [0.4, 0.5) is 8.78 Å². The number of fused-ring (bicyclic) bond motifs is 1. The molecule has 1 heterocycles. The number of carbonyl (C=O) groups excluding carboxylic acids is 1. The Labute approximate surface area is 87.6 Å². The van der Waals surface area contributed by atoms with Crippen molar-refractivity contribution in [1.82, 2.24) is 4.90 Å². The first kappa shape index (κ1) is 10.8. The van der Waals surface area contributed by atoms with E-state index in [-0.39, 0.29) is 31.3 Å². The van der Waals surface area contributed by atoms with E-state index in [0.717, 1.165) is 6.42 Å². The maximum Gasteiger partial charge on any atom is 0.252 e. The van der Waals surface area contributed by atoms with Gasteiger partial charge < -0.3 is 10.6 Å². The van der Waals surface area contributed by atoms with Crippen LogP contribution in [0.15, 0.2) is 0 Å². The zero-order chi connectivity index (χ0) is 11.1. The number of likely N-dealkylation sites (tertiary alicyclic amines) is 1. The summed E-state index contributed by atoms with van der Waals surface area (Å²) in [6.45, 7) is 0.578. The second-order valence-corrected chi connectivity index (χ2v) is 4.52. The van der Waals surface area contributed by atoms with Crippen molar-refractivity contribution in [3.8, 4) is 0 Å². The van der Waals surface area contributed by atoms with Crippen LogP contribution < -0.4 is 5.73 Å². The highest BCUT2D eigenvalue weighted by Gasteiger charge is 2.51. The summed E-state index contributed by atoms with van der Waals surface area (Å²) in [5.41, 5.74) is 5.23. The zero-order valence-electron chi connectivity index (χ0n) is 8.59. The predicted molar refractivity (Wildman–Crippen MR) is 51.4 cm³/mol. The Balaban J connectivity index is 2.08. The summed E-state index contributed by atoms with van der Waals surface area (Å²) < 4.78 is 27.1. The van der Waals surface area contributed by atoms with Crippen molar-refractivity contribution in [2.24, 2.45) is 17.6 Å². The van der Waals surface area contributed by atoms with Crippen LogP contribution in [0.2, 0.25) is 0 Å². The molecule has 0 spiro atoms. The van der Waals surface area contributed by atoms with Crippen molar-refractivity contribution >= 4 is 5.91 Å². The van der Waals surface area contributed by atoms with Gasteiger partial charge in [-0.2, -0.15) is 0 Å². The number of carbonyl (C=O) groups is 1. The standard InChI is InChI=1S/C10H16F2N2O/c11-10(12)3-1-2-7-5-14(6-8(7)10)9(15)4-13/h7-8H,1-6,13H2. The Hall–Kier alpha value is -0.710. The molecule has 2 aliphatic rings. The minimum atomic E-state index is -2.59. The lowest BCUT2D eigenvalue weighted by atomic mass is 9.79. The van der Waals surface area contributed by atoms with Crippen LogP contribution in [0, 0.1) is 11.8 Å². The molecule has 0 radical (unpaired) electrons. The molecule has 0 aromatic heterocycles. The molecule has 1 saturated heterocycles. The number of alkyl halides is 2. The molecule has 0 bridgehead atoms. The molecular formula is C10H16F2N2O. The summed E-state index contributed by atoms with van der Waals surface area (Å²) in [5.74, 6) is -3.46. The van der Waals surface area contributed by atoms with Crippen LogP contribution in [-0.2, 0) is 4.79 Å². The molecule has 0 aromatic carbocycles. The normalized spacial score (nSPS) is 33.9. The lowest BCUT2D eigenvalue weighted by Gasteiger charge is -2.32. The molecule has 2 unspecified atom stereocenters. The molecule has 86 valence electrons. The van der Waals surface area contributed by atoms with Crippen molar-refractivity contribution < 1.29 is 13.6 Å². The van der Waals surface area contributed by atoms with Gasteiger partial charge in [-0.3, -0.25) is 4.79 Å². The van der Waals surface area contributed by atoms with Gasteiger partial charge in [-0.05, 0) is 18.8 Å². The molecular weight excluding hydrogens is 202 g/mol. The Morgan fingerprint density at radius 1 is 1.47 bits per heavy atom. The number of nitrogens with zero attached hydrogens (tertiary/aromatic N) is 1. The lowest BCUT2D eigenvalue weighted by Crippen LogP contribution is -2.38. The third kappa shape index (κ3) is 1.85. The van der Waals surface area contributed by atoms with E-state index < -0.39 is 11.8 Å². The molecule has 1 amide bonds. The second-order valence-electron chi connectivity index (χ2n) is 4.52. The van der Waals surface area contributed by atoms with E-state index in [1.54, 1.807) is 0 Å². The number of amides is 1. The molecule has 1 aliphatic heterocycles. The molecule has 1 aliphatic carbocycles. The van der Waals surface area contributed by atoms with Gasteiger partial charge in [-0.15, -0.1) is 0 Å². The number of rotatable bonds is 1. The fourth-order valence-electron chi connectivity index (χ4n) is 2.76. The maximum absolute atomic E-state index is 13.5. The van der Waals surface area contributed by atoms with Crippen molar-refractivity contribution in [3.63, 3.8) is 0 Å². The minimum absolute atomic E-state index is 0.0238. The smallest absolute Gasteiger partial charge is 0.252 e. The van der Waals surface area contributed by atoms with Crippen LogP contribution in [0.3, 0.4) is 0 Å². The Kier molecular flexibility index (Phi) is 2.66. The number of halogens is 2. The van der Waals surface area contributed by atoms with Gasteiger partial charge in [0.2, 0.25) is 5.91 Å². The van der Waals surface area contributed by atoms with Gasteiger partial charge in [-0.25, -0.2) is 8.78 Å². The first-order valence-corrected chi connectivity index (χ1v) is 5.40. The van der Waals surface area contributed by atoms with E-state index in [0.29, 0.717) is 13.0 Å². The van der Waals surface area contributed by atoms with E-state index in [9.17, 15) is 13.6 Å². The van der Waals surface area contributed by atoms with Crippen LogP contribution in [0.1, 0.15) is 19.3 Å². The summed E-state index contributed by atoms with van der Waals surface area (Å²) in [4.78, 5) is 12.8. The Morgan fingerprint density at radius 3 is 2.80 bits per heavy atom. The molecule has 2 N–H and O–H groups in total. The molecule has 2 fully saturated rings. The molecule has 5 heteroatoms. The van der Waals surface area contributed by atoms with Crippen LogP contribution >= 0.6 is 0 Å². The predicted octanol–water partition coefficient (Wildman–Crippen LogP) is 0.839. The summed E-state index contributed by atoms with van der Waals surface area (Å²) in [5, 5.41) is 0. The van der Waals surface area contributed by atoms with Crippen molar-refractivity contribution in [2.45, 2.75) is 25.2 Å². The largest absolute Gasteiger partial charge is 0.341 e. The topological polar surface area (TPSA) is 46.3 Å². The maximum atomic E-state index is 13.5. The number of nitrogens with two attached hydrogens (primary N) is 1. The summed E-state index contributed by atoms with van der Waals surface area (Å²) >= 11 is 0. The second kappa shape index (κ2) is 3.70.